The quantitative estimate of drug-likeness (QED) is 0.184. The molecular formula is C23H24F6N2O4Ti. The number of nitrogens with one attached hydrogen (secondary N) is 2. The zero-order valence-corrected chi connectivity index (χ0v) is 20.3. The minimum atomic E-state index is -6.13. The van der Waals surface area contributed by atoms with Crippen LogP contribution in [0.1, 0.15) is 25.7 Å². The van der Waals surface area contributed by atoms with Crippen LogP contribution in [0.2, 0.25) is 0 Å². The summed E-state index contributed by atoms with van der Waals surface area (Å²) in [6.07, 6.45) is 9.80. The summed E-state index contributed by atoms with van der Waals surface area (Å²) in [6.45, 7) is 0. The minimum Gasteiger partial charge on any atom is -0.386 e. The largest absolute Gasteiger partial charge is 0.452 e. The predicted octanol–water partition coefficient (Wildman–Crippen LogP) is 3.42. The van der Waals surface area contributed by atoms with E-state index in [0.717, 1.165) is 12.8 Å². The molecule has 196 valence electrons. The van der Waals surface area contributed by atoms with Crippen LogP contribution in [-0.2, 0) is 31.3 Å². The zero-order chi connectivity index (χ0) is 26.3. The summed E-state index contributed by atoms with van der Waals surface area (Å²) >= 11 is 0. The van der Waals surface area contributed by atoms with Crippen molar-refractivity contribution in [2.24, 2.45) is 0 Å². The van der Waals surface area contributed by atoms with Crippen LogP contribution in [0.4, 0.5) is 26.3 Å². The third-order valence-corrected chi connectivity index (χ3v) is 5.30. The first-order valence-corrected chi connectivity index (χ1v) is 10.5. The summed E-state index contributed by atoms with van der Waals surface area (Å²) in [4.78, 5) is 23.6. The summed E-state index contributed by atoms with van der Waals surface area (Å²) in [5.74, 6) is -5.57. The molecule has 3 aliphatic rings. The Balaban J connectivity index is 0.000000462. The Morgan fingerprint density at radius 2 is 1.03 bits per heavy atom. The van der Waals surface area contributed by atoms with Crippen molar-refractivity contribution in [3.8, 4) is 0 Å². The third-order valence-electron chi connectivity index (χ3n) is 5.30. The molecule has 0 aromatic rings. The van der Waals surface area contributed by atoms with Crippen LogP contribution < -0.4 is 10.6 Å². The van der Waals surface area contributed by atoms with Gasteiger partial charge in [-0.3, -0.25) is 9.59 Å². The maximum atomic E-state index is 11.8. The van der Waals surface area contributed by atoms with Gasteiger partial charge in [0.1, 0.15) is 0 Å². The van der Waals surface area contributed by atoms with Gasteiger partial charge in [-0.1, -0.05) is 37.1 Å². The van der Waals surface area contributed by atoms with E-state index < -0.39 is 18.1 Å². The van der Waals surface area contributed by atoms with Gasteiger partial charge >= 0.3 is 18.1 Å². The molecule has 3 aliphatic carbocycles. The normalized spacial score (nSPS) is 24.3. The number of hydrogen-bond acceptors (Lipinski definition) is 6. The Morgan fingerprint density at radius 1 is 0.694 bits per heavy atom. The van der Waals surface area contributed by atoms with Gasteiger partial charge in [0, 0.05) is 57.3 Å². The van der Waals surface area contributed by atoms with Crippen molar-refractivity contribution < 1.29 is 67.9 Å². The molecule has 1 fully saturated rings. The van der Waals surface area contributed by atoms with Gasteiger partial charge in [0.25, 0.3) is 0 Å². The Morgan fingerprint density at radius 3 is 1.31 bits per heavy atom. The van der Waals surface area contributed by atoms with Crippen LogP contribution in [0.25, 0.3) is 0 Å². The molecule has 0 radical (unpaired) electrons. The number of ketones is 2. The number of halogens is 6. The van der Waals surface area contributed by atoms with Gasteiger partial charge in [-0.15, -0.1) is 0 Å². The maximum Gasteiger partial charge on any atom is 0.452 e. The van der Waals surface area contributed by atoms with E-state index in [2.05, 4.69) is 10.6 Å². The SMILES string of the molecule is O=C1C=CC=C/C1=C/N[C@@H]1CCCC[C@H]1N/C=C1/C=CC=CC1=O.OC(O)(C(F)(F)F)C(F)(F)F.[Ti]. The molecule has 0 amide bonds. The molecule has 0 aromatic heterocycles. The summed E-state index contributed by atoms with van der Waals surface area (Å²) in [7, 11) is 0. The molecular weight excluding hydrogens is 530 g/mol. The van der Waals surface area contributed by atoms with Crippen molar-refractivity contribution in [1.29, 1.82) is 0 Å². The molecule has 2 atom stereocenters. The summed E-state index contributed by atoms with van der Waals surface area (Å²) < 4.78 is 66.7. The van der Waals surface area contributed by atoms with Crippen LogP contribution in [-0.4, -0.2) is 52.0 Å². The first-order valence-electron chi connectivity index (χ1n) is 10.5. The van der Waals surface area contributed by atoms with E-state index in [-0.39, 0.29) is 45.4 Å². The van der Waals surface area contributed by atoms with Gasteiger partial charge in [-0.2, -0.15) is 26.3 Å². The fraction of sp³-hybridized carbons (Fsp3) is 0.391. The molecule has 3 rings (SSSR count). The van der Waals surface area contributed by atoms with Crippen molar-refractivity contribution in [2.45, 2.75) is 55.9 Å². The van der Waals surface area contributed by atoms with E-state index in [1.54, 1.807) is 24.3 Å². The molecule has 0 heterocycles. The minimum absolute atomic E-state index is 0. The number of carbonyl (C=O) groups is 2. The van der Waals surface area contributed by atoms with Crippen LogP contribution in [0, 0.1) is 0 Å². The first kappa shape index (κ1) is 31.6. The van der Waals surface area contributed by atoms with Crippen LogP contribution in [0.15, 0.2) is 72.2 Å². The molecule has 4 N–H and O–H groups in total. The third kappa shape index (κ3) is 8.61. The number of hydrogen-bond donors (Lipinski definition) is 4. The van der Waals surface area contributed by atoms with Crippen molar-refractivity contribution in [2.75, 3.05) is 0 Å². The van der Waals surface area contributed by atoms with E-state index in [1.165, 1.54) is 12.8 Å². The second kappa shape index (κ2) is 13.2. The Bertz CT molecular complexity index is 902. The fourth-order valence-electron chi connectivity index (χ4n) is 3.28. The zero-order valence-electron chi connectivity index (χ0n) is 18.7. The standard InChI is InChI=1S/C20H22N2O2.C3H2F6O2.Ti/c23-19-11-5-1-7-15(19)13-21-17-9-3-4-10-18(17)22-14-16-8-2-6-12-20(16)24;4-2(5,6)1(10,11)3(7,8)9;/h1-2,5-8,11-14,17-18,21-22H,3-4,9-10H2;10-11H;/b15-13-,16-14-;;/t17-,18-;;/m1../s1. The second-order valence-corrected chi connectivity index (χ2v) is 7.86. The fourth-order valence-corrected chi connectivity index (χ4v) is 3.28. The molecule has 0 unspecified atom stereocenters. The molecule has 0 aliphatic heterocycles. The van der Waals surface area contributed by atoms with Gasteiger partial charge in [0.05, 0.1) is 0 Å². The van der Waals surface area contributed by atoms with Crippen molar-refractivity contribution in [3.05, 3.63) is 72.2 Å². The number of aliphatic hydroxyl groups is 2. The van der Waals surface area contributed by atoms with Crippen LogP contribution in [0.3, 0.4) is 0 Å². The molecule has 0 aromatic carbocycles. The molecule has 0 bridgehead atoms. The summed E-state index contributed by atoms with van der Waals surface area (Å²) in [5, 5.41) is 21.8. The molecule has 0 spiro atoms. The van der Waals surface area contributed by atoms with E-state index in [9.17, 15) is 35.9 Å². The average molecular weight is 554 g/mol. The smallest absolute Gasteiger partial charge is 0.386 e. The maximum absolute atomic E-state index is 11.8. The van der Waals surface area contributed by atoms with Crippen molar-refractivity contribution >= 4 is 11.6 Å². The van der Waals surface area contributed by atoms with Gasteiger partial charge in [-0.05, 0) is 37.1 Å². The number of alkyl halides is 6. The Kier molecular flexibility index (Phi) is 11.6. The molecule has 1 saturated carbocycles. The second-order valence-electron chi connectivity index (χ2n) is 7.86. The Labute approximate surface area is 218 Å². The van der Waals surface area contributed by atoms with Crippen molar-refractivity contribution in [3.63, 3.8) is 0 Å². The van der Waals surface area contributed by atoms with E-state index in [1.807, 2.05) is 36.7 Å². The first-order chi connectivity index (χ1) is 16.2. The predicted molar refractivity (Wildman–Crippen MR) is 114 cm³/mol. The van der Waals surface area contributed by atoms with E-state index in [4.69, 9.17) is 10.2 Å². The van der Waals surface area contributed by atoms with Gasteiger partial charge in [0.15, 0.2) is 11.6 Å². The number of carbonyl (C=O) groups excluding carboxylic acids is 2. The van der Waals surface area contributed by atoms with E-state index >= 15 is 0 Å². The molecule has 13 heteroatoms. The van der Waals surface area contributed by atoms with E-state index in [0.29, 0.717) is 11.1 Å². The summed E-state index contributed by atoms with van der Waals surface area (Å²) in [5.41, 5.74) is 1.35. The molecule has 36 heavy (non-hydrogen) atoms. The summed E-state index contributed by atoms with van der Waals surface area (Å²) in [6, 6.07) is 0.488. The number of allylic oxidation sites excluding steroid dienone is 10. The van der Waals surface area contributed by atoms with Crippen LogP contribution >= 0.6 is 0 Å². The molecule has 6 nitrogen and oxygen atoms in total. The van der Waals surface area contributed by atoms with Gasteiger partial charge < -0.3 is 20.8 Å². The topological polar surface area (TPSA) is 98.7 Å². The van der Waals surface area contributed by atoms with Gasteiger partial charge in [0.2, 0.25) is 0 Å². The average Bonchev–Trinajstić information content (AvgIpc) is 2.77. The van der Waals surface area contributed by atoms with Crippen molar-refractivity contribution in [1.82, 2.24) is 10.6 Å². The van der Waals surface area contributed by atoms with Gasteiger partial charge in [-0.25, -0.2) is 0 Å². The molecule has 0 saturated heterocycles. The Hall–Kier alpha value is -2.41. The number of rotatable bonds is 4. The van der Waals surface area contributed by atoms with Crippen LogP contribution in [0.5, 0.6) is 0 Å². The monoisotopic (exact) mass is 554 g/mol.